The minimum Gasteiger partial charge on any atom is -0.481 e. The van der Waals surface area contributed by atoms with Gasteiger partial charge in [0.05, 0.1) is 36.1 Å². The van der Waals surface area contributed by atoms with E-state index in [1.165, 1.54) is 5.56 Å². The minimum atomic E-state index is -0.682. The molecule has 5 rings (SSSR count). The molecule has 0 atom stereocenters. The summed E-state index contributed by atoms with van der Waals surface area (Å²) in [6.07, 6.45) is 6.96. The van der Waals surface area contributed by atoms with Crippen LogP contribution in [0.4, 0.5) is 10.5 Å². The van der Waals surface area contributed by atoms with Crippen molar-refractivity contribution in [2.45, 2.75) is 58.0 Å². The lowest BCUT2D eigenvalue weighted by molar-refractivity contribution is -0.137. The molecule has 1 aromatic carbocycles. The van der Waals surface area contributed by atoms with Crippen LogP contribution in [0.2, 0.25) is 0 Å². The number of benzene rings is 1. The Balaban J connectivity index is 0.000000331. The number of imidazole rings is 1. The third-order valence-electron chi connectivity index (χ3n) is 6.09. The van der Waals surface area contributed by atoms with Gasteiger partial charge in [0.25, 0.3) is 0 Å². The van der Waals surface area contributed by atoms with Crippen LogP contribution in [0.3, 0.4) is 0 Å². The molecular weight excluding hydrogens is 462 g/mol. The number of carbonyl (C=O) groups is 2. The van der Waals surface area contributed by atoms with Crippen molar-refractivity contribution in [1.82, 2.24) is 30.4 Å². The van der Waals surface area contributed by atoms with Crippen LogP contribution in [0.5, 0.6) is 0 Å². The van der Waals surface area contributed by atoms with E-state index in [-0.39, 0.29) is 6.03 Å². The molecule has 1 aliphatic heterocycles. The number of unbranched alkanes of at least 4 members (excludes halogenated alkanes) is 2. The first kappa shape index (κ1) is 25.6. The first-order chi connectivity index (χ1) is 17.5. The summed E-state index contributed by atoms with van der Waals surface area (Å²) >= 11 is 0. The molecule has 36 heavy (non-hydrogen) atoms. The second kappa shape index (κ2) is 12.5. The highest BCUT2D eigenvalue weighted by Gasteiger charge is 2.24. The van der Waals surface area contributed by atoms with Crippen LogP contribution in [0, 0.1) is 0 Å². The van der Waals surface area contributed by atoms with Gasteiger partial charge in [0.15, 0.2) is 5.82 Å². The van der Waals surface area contributed by atoms with Crippen molar-refractivity contribution in [2.24, 2.45) is 0 Å². The van der Waals surface area contributed by atoms with Crippen molar-refractivity contribution in [1.29, 1.82) is 0 Å². The molecule has 2 aliphatic rings. The zero-order chi connectivity index (χ0) is 25.3. The number of carbonyl (C=O) groups excluding carboxylic acids is 1. The van der Waals surface area contributed by atoms with Gasteiger partial charge in [-0.2, -0.15) is 5.10 Å². The summed E-state index contributed by atoms with van der Waals surface area (Å²) in [5, 5.41) is 20.9. The SMILES string of the molecule is CCCCCC(=O)O.O=C(Nc1cn[nH]c1-c1nc2ccc(CN3CCOCC3)cc2[nH]1)NC1CC1. The summed E-state index contributed by atoms with van der Waals surface area (Å²) in [6, 6.07) is 6.34. The summed E-state index contributed by atoms with van der Waals surface area (Å²) in [7, 11) is 0. The van der Waals surface area contributed by atoms with E-state index in [4.69, 9.17) is 9.84 Å². The van der Waals surface area contributed by atoms with Crippen molar-refractivity contribution < 1.29 is 19.4 Å². The molecule has 1 saturated heterocycles. The highest BCUT2D eigenvalue weighted by molar-refractivity contribution is 5.93. The number of ether oxygens (including phenoxy) is 1. The van der Waals surface area contributed by atoms with Crippen LogP contribution < -0.4 is 10.6 Å². The Kier molecular flexibility index (Phi) is 8.90. The molecule has 2 amide bonds. The normalized spacial score (nSPS) is 15.8. The minimum absolute atomic E-state index is 0.214. The van der Waals surface area contributed by atoms with Crippen molar-refractivity contribution in [3.63, 3.8) is 0 Å². The van der Waals surface area contributed by atoms with E-state index >= 15 is 0 Å². The number of carboxylic acid groups (broad SMARTS) is 1. The number of carboxylic acids is 1. The Morgan fingerprint density at radius 3 is 2.75 bits per heavy atom. The number of aliphatic carboxylic acids is 1. The molecule has 5 N–H and O–H groups in total. The molecule has 3 heterocycles. The number of urea groups is 1. The second-order valence-corrected chi connectivity index (χ2v) is 9.21. The fourth-order valence-electron chi connectivity index (χ4n) is 3.95. The van der Waals surface area contributed by atoms with Gasteiger partial charge >= 0.3 is 12.0 Å². The van der Waals surface area contributed by atoms with Crippen LogP contribution in [-0.2, 0) is 16.1 Å². The smallest absolute Gasteiger partial charge is 0.319 e. The molecule has 1 aliphatic carbocycles. The average Bonchev–Trinajstić information content (AvgIpc) is 3.38. The van der Waals surface area contributed by atoms with Gasteiger partial charge in [-0.05, 0) is 37.0 Å². The number of nitrogens with zero attached hydrogens (tertiary/aromatic N) is 3. The zero-order valence-corrected chi connectivity index (χ0v) is 20.7. The highest BCUT2D eigenvalue weighted by Crippen LogP contribution is 2.26. The Morgan fingerprint density at radius 1 is 1.22 bits per heavy atom. The van der Waals surface area contributed by atoms with Crippen LogP contribution in [0.1, 0.15) is 51.0 Å². The number of morpholine rings is 1. The zero-order valence-electron chi connectivity index (χ0n) is 20.7. The van der Waals surface area contributed by atoms with E-state index in [2.05, 4.69) is 54.8 Å². The van der Waals surface area contributed by atoms with E-state index in [1.807, 2.05) is 6.07 Å². The largest absolute Gasteiger partial charge is 0.481 e. The summed E-state index contributed by atoms with van der Waals surface area (Å²) in [6.45, 7) is 6.45. The van der Waals surface area contributed by atoms with Gasteiger partial charge in [0.1, 0.15) is 5.69 Å². The lowest BCUT2D eigenvalue weighted by Gasteiger charge is -2.26. The Labute approximate surface area is 210 Å². The topological polar surface area (TPSA) is 148 Å². The number of nitrogens with one attached hydrogen (secondary N) is 4. The Hall–Kier alpha value is -3.44. The summed E-state index contributed by atoms with van der Waals surface area (Å²) in [5.74, 6) is -0.0313. The Bertz CT molecular complexity index is 1150. The number of anilines is 1. The maximum Gasteiger partial charge on any atom is 0.319 e. The van der Waals surface area contributed by atoms with Crippen LogP contribution in [0.25, 0.3) is 22.6 Å². The van der Waals surface area contributed by atoms with Gasteiger partial charge in [0, 0.05) is 32.1 Å². The molecular formula is C25H35N7O4. The molecule has 3 aromatic rings. The van der Waals surface area contributed by atoms with E-state index < -0.39 is 5.97 Å². The van der Waals surface area contributed by atoms with Crippen LogP contribution in [-0.4, -0.2) is 74.5 Å². The Morgan fingerprint density at radius 2 is 2.03 bits per heavy atom. The van der Waals surface area contributed by atoms with Gasteiger partial charge in [-0.25, -0.2) is 9.78 Å². The molecule has 0 spiro atoms. The second-order valence-electron chi connectivity index (χ2n) is 9.21. The fourth-order valence-corrected chi connectivity index (χ4v) is 3.95. The maximum absolute atomic E-state index is 12.0. The monoisotopic (exact) mass is 497 g/mol. The third kappa shape index (κ3) is 7.53. The predicted octanol–water partition coefficient (Wildman–Crippen LogP) is 3.72. The van der Waals surface area contributed by atoms with E-state index in [0.717, 1.165) is 76.0 Å². The summed E-state index contributed by atoms with van der Waals surface area (Å²) < 4.78 is 5.41. The van der Waals surface area contributed by atoms with Gasteiger partial charge < -0.3 is 25.5 Å². The predicted molar refractivity (Wildman–Crippen MR) is 137 cm³/mol. The van der Waals surface area contributed by atoms with Gasteiger partial charge in [-0.1, -0.05) is 25.8 Å². The third-order valence-corrected chi connectivity index (χ3v) is 6.09. The number of H-pyrrole nitrogens is 2. The molecule has 11 heteroatoms. The van der Waals surface area contributed by atoms with Gasteiger partial charge in [-0.15, -0.1) is 0 Å². The summed E-state index contributed by atoms with van der Waals surface area (Å²) in [5.41, 5.74) is 4.34. The number of aromatic amines is 2. The number of aromatic nitrogens is 4. The standard InChI is InChI=1S/C19H23N7O2.C6H12O2/c27-19(21-13-2-3-13)24-16-10-20-25-17(16)18-22-14-4-1-12(9-15(14)23-18)11-26-5-7-28-8-6-26;1-2-3-4-5-6(7)8/h1,4,9-10,13H,2-3,5-8,11H2,(H,20,25)(H,22,23)(H2,21,24,27);2-5H2,1H3,(H,7,8). The van der Waals surface area contributed by atoms with Crippen LogP contribution >= 0.6 is 0 Å². The highest BCUT2D eigenvalue weighted by atomic mass is 16.5. The van der Waals surface area contributed by atoms with Crippen LogP contribution in [0.15, 0.2) is 24.4 Å². The molecule has 0 radical (unpaired) electrons. The quantitative estimate of drug-likeness (QED) is 0.283. The fraction of sp³-hybridized carbons (Fsp3) is 0.520. The molecule has 0 bridgehead atoms. The first-order valence-corrected chi connectivity index (χ1v) is 12.6. The van der Waals surface area contributed by atoms with Crippen molar-refractivity contribution in [2.75, 3.05) is 31.6 Å². The number of hydrogen-bond acceptors (Lipinski definition) is 6. The summed E-state index contributed by atoms with van der Waals surface area (Å²) in [4.78, 5) is 32.3. The lowest BCUT2D eigenvalue weighted by atomic mass is 10.2. The van der Waals surface area contributed by atoms with E-state index in [9.17, 15) is 9.59 Å². The maximum atomic E-state index is 12.0. The molecule has 2 aromatic heterocycles. The van der Waals surface area contributed by atoms with Crippen molar-refractivity contribution in [3.8, 4) is 11.5 Å². The number of rotatable bonds is 9. The lowest BCUT2D eigenvalue weighted by Crippen LogP contribution is -2.35. The molecule has 0 unspecified atom stereocenters. The first-order valence-electron chi connectivity index (χ1n) is 12.6. The number of hydrogen-bond donors (Lipinski definition) is 5. The molecule has 1 saturated carbocycles. The van der Waals surface area contributed by atoms with E-state index in [0.29, 0.717) is 29.7 Å². The number of amides is 2. The van der Waals surface area contributed by atoms with Crippen molar-refractivity contribution >= 4 is 28.7 Å². The molecule has 2 fully saturated rings. The van der Waals surface area contributed by atoms with Gasteiger partial charge in [0.2, 0.25) is 0 Å². The van der Waals surface area contributed by atoms with Gasteiger partial charge in [-0.3, -0.25) is 14.8 Å². The average molecular weight is 498 g/mol. The van der Waals surface area contributed by atoms with Crippen molar-refractivity contribution in [3.05, 3.63) is 30.0 Å². The number of fused-ring (bicyclic) bond motifs is 1. The molecule has 194 valence electrons. The van der Waals surface area contributed by atoms with E-state index in [1.54, 1.807) is 6.20 Å². The molecule has 11 nitrogen and oxygen atoms in total.